The molecule has 2 saturated carbocycles. The Bertz CT molecular complexity index is 5940. The normalized spacial score (nSPS) is 18.6. The second kappa shape index (κ2) is 34.2. The van der Waals surface area contributed by atoms with Crippen molar-refractivity contribution >= 4 is 101 Å². The van der Waals surface area contributed by atoms with Gasteiger partial charge in [-0.2, -0.15) is 0 Å². The standard InChI is InChI=1S/C108H100N4O18/c1-59-31-60(2)36-77(35-59)127-89-47-85-93-86(104(114)111(103(85)113)101(67-19-11-9-12-20-67)107(117)109(69-23-15-27-73(43-69)119-51-81-55-123-81)70-24-16-28-74(44-70)120-52-82-56-124-82)49-91(129-79-39-63(5)33-64(6)40-79)97-98-92(130-80-41-65(7)34-66(8)42-80)50-88-94-87(48-90(96(100(94)98)95(89)99(93)97)128-78-37-61(3)32-62(4)38-78)105(115)112(106(88)116)102(68-21-13-10-14-22-68)108(118)110(71-25-17-29-75(45-71)121-53-83-57-125-83)72-26-18-30-76(46-72)122-54-84-58-126-84/h15-18,23-50,67-68,81-84,101-102H,9-14,19-22,51-58H2,1-8H3. The van der Waals surface area contributed by atoms with Gasteiger partial charge in [0.25, 0.3) is 35.4 Å². The lowest BCUT2D eigenvalue weighted by molar-refractivity contribution is -0.124. The number of anilines is 4. The van der Waals surface area contributed by atoms with E-state index in [1.807, 2.05) is 201 Å². The molecular weight excluding hydrogens is 1640 g/mol. The summed E-state index contributed by atoms with van der Waals surface area (Å²) in [6.07, 6.45) is 6.29. The number of aryl methyl sites for hydroxylation is 8. The molecule has 2 aliphatic carbocycles. The fourth-order valence-corrected chi connectivity index (χ4v) is 20.1. The van der Waals surface area contributed by atoms with Gasteiger partial charge in [0.15, 0.2) is 0 Å². The van der Waals surface area contributed by atoms with E-state index in [0.29, 0.717) is 153 Å². The Kier molecular flexibility index (Phi) is 22.0. The van der Waals surface area contributed by atoms with Crippen molar-refractivity contribution in [2.24, 2.45) is 11.8 Å². The second-order valence-electron chi connectivity index (χ2n) is 36.4. The van der Waals surface area contributed by atoms with Gasteiger partial charge in [-0.1, -0.05) is 87.1 Å². The van der Waals surface area contributed by atoms with Crippen molar-refractivity contribution in [2.45, 2.75) is 156 Å². The monoisotopic (exact) mass is 1740 g/mol. The quantitative estimate of drug-likeness (QED) is 0.0176. The summed E-state index contributed by atoms with van der Waals surface area (Å²) in [4.78, 5) is 111. The fourth-order valence-electron chi connectivity index (χ4n) is 20.1. The van der Waals surface area contributed by atoms with E-state index in [4.69, 9.17) is 56.8 Å². The van der Waals surface area contributed by atoms with Crippen LogP contribution in [0.5, 0.6) is 69.0 Å². The van der Waals surface area contributed by atoms with E-state index in [9.17, 15) is 0 Å². The Morgan fingerprint density at radius 1 is 0.300 bits per heavy atom. The Labute approximate surface area is 753 Å². The minimum absolute atomic E-state index is 0.0257. The number of hydrogen-bond acceptors (Lipinski definition) is 18. The summed E-state index contributed by atoms with van der Waals surface area (Å²) in [5, 5.41) is 2.22. The Hall–Kier alpha value is -13.4. The lowest BCUT2D eigenvalue weighted by Crippen LogP contribution is -2.57. The Morgan fingerprint density at radius 2 is 0.531 bits per heavy atom. The number of ether oxygens (including phenoxy) is 12. The van der Waals surface area contributed by atoms with Gasteiger partial charge < -0.3 is 56.8 Å². The van der Waals surface area contributed by atoms with Crippen LogP contribution in [0, 0.1) is 67.2 Å². The molecule has 6 aliphatic heterocycles. The van der Waals surface area contributed by atoms with Gasteiger partial charge in [-0.25, -0.2) is 0 Å². The number of benzene rings is 13. The molecule has 22 nitrogen and oxygen atoms in total. The molecule has 0 radical (unpaired) electrons. The van der Waals surface area contributed by atoms with Crippen molar-refractivity contribution in [1.82, 2.24) is 9.80 Å². The molecule has 6 amide bonds. The number of epoxide rings is 4. The molecule has 0 bridgehead atoms. The van der Waals surface area contributed by atoms with Gasteiger partial charge in [-0.3, -0.25) is 48.4 Å². The van der Waals surface area contributed by atoms with Crippen LogP contribution >= 0.6 is 0 Å². The number of carbonyl (C=O) groups excluding carboxylic acids is 6. The van der Waals surface area contributed by atoms with Crippen LogP contribution in [0.15, 0.2) is 194 Å². The summed E-state index contributed by atoms with van der Waals surface area (Å²) in [5.41, 5.74) is 8.65. The van der Waals surface area contributed by atoms with E-state index in [1.54, 1.807) is 58.3 Å². The fraction of sp³-hybridized carbons (Fsp3) is 0.315. The van der Waals surface area contributed by atoms with Crippen LogP contribution in [-0.2, 0) is 28.5 Å². The molecule has 0 aromatic heterocycles. The van der Waals surface area contributed by atoms with E-state index >= 15 is 28.8 Å². The van der Waals surface area contributed by atoms with Gasteiger partial charge in [0.05, 0.1) is 71.4 Å². The van der Waals surface area contributed by atoms with Gasteiger partial charge >= 0.3 is 0 Å². The molecule has 0 N–H and O–H groups in total. The molecule has 4 saturated heterocycles. The van der Waals surface area contributed by atoms with Crippen molar-refractivity contribution in [3.05, 3.63) is 261 Å². The Balaban J connectivity index is 0.839. The SMILES string of the molecule is Cc1cc(C)cc(Oc2cc3c4c(cc(Oc5cc(C)cc(C)c5)c5c6c(Oc7cc(C)cc(C)c7)cc7c8c(cc(Oc9cc(C)cc(C)c9)c(c2c45)c86)C(=O)N(C(C(=O)N(c2cccc(OCC4CO4)c2)c2cccc(OCC4CO4)c2)C2CCCCC2)C7=O)C(=O)N(C(C(=O)N(c2cccc(OCC4CO4)c2)c2cccc(OCC4CO4)c2)C2CCCCC2)C3=O)c1. The molecule has 6 unspecified atom stereocenters. The first-order chi connectivity index (χ1) is 63.1. The van der Waals surface area contributed by atoms with Crippen LogP contribution in [0.3, 0.4) is 0 Å². The van der Waals surface area contributed by atoms with Gasteiger partial charge in [0.1, 0.15) is 132 Å². The highest BCUT2D eigenvalue weighted by atomic mass is 16.6. The third-order valence-corrected chi connectivity index (χ3v) is 26.0. The average molecular weight is 1740 g/mol. The van der Waals surface area contributed by atoms with Crippen LogP contribution in [0.25, 0.3) is 43.1 Å². The van der Waals surface area contributed by atoms with Crippen molar-refractivity contribution < 1.29 is 85.6 Å². The summed E-state index contributed by atoms with van der Waals surface area (Å²) < 4.78 is 78.2. The molecule has 13 aromatic rings. The summed E-state index contributed by atoms with van der Waals surface area (Å²) in [5.74, 6) is -1.45. The van der Waals surface area contributed by atoms with Crippen molar-refractivity contribution in [1.29, 1.82) is 0 Å². The molecule has 130 heavy (non-hydrogen) atoms. The highest BCUT2D eigenvalue weighted by Gasteiger charge is 2.52. The van der Waals surface area contributed by atoms with Crippen LogP contribution in [0.2, 0.25) is 0 Å². The summed E-state index contributed by atoms with van der Waals surface area (Å²) >= 11 is 0. The lowest BCUT2D eigenvalue weighted by atomic mass is 9.78. The maximum absolute atomic E-state index is 17.6. The number of imide groups is 2. The molecule has 21 rings (SSSR count). The third-order valence-electron chi connectivity index (χ3n) is 26.0. The molecule has 6 heterocycles. The molecule has 6 fully saturated rings. The zero-order chi connectivity index (χ0) is 89.0. The largest absolute Gasteiger partial charge is 0.491 e. The van der Waals surface area contributed by atoms with E-state index in [0.717, 1.165) is 83.0 Å². The van der Waals surface area contributed by atoms with Crippen molar-refractivity contribution in [3.8, 4) is 69.0 Å². The van der Waals surface area contributed by atoms with Gasteiger partial charge in [0, 0.05) is 67.4 Å². The number of carbonyl (C=O) groups is 6. The topological polar surface area (TPSA) is 239 Å². The van der Waals surface area contributed by atoms with Crippen molar-refractivity contribution in [3.63, 3.8) is 0 Å². The maximum Gasteiger partial charge on any atom is 0.262 e. The molecule has 6 atom stereocenters. The minimum Gasteiger partial charge on any atom is -0.491 e. The highest BCUT2D eigenvalue weighted by Crippen LogP contribution is 2.59. The second-order valence-corrected chi connectivity index (χ2v) is 36.4. The molecular formula is C108H100N4O18. The summed E-state index contributed by atoms with van der Waals surface area (Å²) in [7, 11) is 0. The predicted molar refractivity (Wildman–Crippen MR) is 494 cm³/mol. The third kappa shape index (κ3) is 16.6. The molecule has 0 spiro atoms. The number of nitrogens with zero attached hydrogens (tertiary/aromatic N) is 4. The first-order valence-electron chi connectivity index (χ1n) is 45.3. The number of amides is 6. The first-order valence-corrected chi connectivity index (χ1v) is 45.3. The predicted octanol–water partition coefficient (Wildman–Crippen LogP) is 22.3. The maximum atomic E-state index is 17.6. The van der Waals surface area contributed by atoms with Gasteiger partial charge in [-0.05, 0) is 259 Å². The molecule has 13 aromatic carbocycles. The first kappa shape index (κ1) is 83.5. The zero-order valence-electron chi connectivity index (χ0n) is 74.0. The van der Waals surface area contributed by atoms with Crippen LogP contribution in [0.4, 0.5) is 22.7 Å². The number of rotatable bonds is 30. The average Bonchev–Trinajstić information content (AvgIpc) is 1.27. The van der Waals surface area contributed by atoms with E-state index in [-0.39, 0.29) is 107 Å². The number of fused-ring (bicyclic) bond motifs is 2. The summed E-state index contributed by atoms with van der Waals surface area (Å²) in [6, 6.07) is 56.1. The molecule has 660 valence electrons. The van der Waals surface area contributed by atoms with E-state index in [2.05, 4.69) is 0 Å². The van der Waals surface area contributed by atoms with Crippen LogP contribution < -0.4 is 47.7 Å². The number of hydrogen-bond donors (Lipinski definition) is 0. The molecule has 8 aliphatic rings. The molecule has 22 heteroatoms. The van der Waals surface area contributed by atoms with Crippen LogP contribution in [-0.4, -0.2) is 135 Å². The van der Waals surface area contributed by atoms with Gasteiger partial charge in [-0.15, -0.1) is 0 Å². The zero-order valence-corrected chi connectivity index (χ0v) is 74.0. The lowest BCUT2D eigenvalue weighted by Gasteiger charge is -2.41. The van der Waals surface area contributed by atoms with E-state index < -0.39 is 59.4 Å². The Morgan fingerprint density at radius 3 is 0.754 bits per heavy atom. The highest BCUT2D eigenvalue weighted by molar-refractivity contribution is 6.45. The van der Waals surface area contributed by atoms with Crippen molar-refractivity contribution in [2.75, 3.05) is 62.7 Å². The van der Waals surface area contributed by atoms with E-state index in [1.165, 1.54) is 9.80 Å². The van der Waals surface area contributed by atoms with Crippen LogP contribution in [0.1, 0.15) is 150 Å². The minimum atomic E-state index is -1.45. The smallest absolute Gasteiger partial charge is 0.262 e. The van der Waals surface area contributed by atoms with Gasteiger partial charge in [0.2, 0.25) is 0 Å². The summed E-state index contributed by atoms with van der Waals surface area (Å²) in [6.45, 7) is 19.2.